The third-order valence-corrected chi connectivity index (χ3v) is 6.58. The first-order valence-electron chi connectivity index (χ1n) is 8.26. The zero-order valence-electron chi connectivity index (χ0n) is 13.2. The van der Waals surface area contributed by atoms with Crippen LogP contribution in [-0.2, 0) is 4.74 Å². The molecule has 0 aliphatic heterocycles. The topological polar surface area (TPSA) is 29.5 Å². The normalized spacial score (nSPS) is 36.0. The maximum atomic E-state index is 9.90. The van der Waals surface area contributed by atoms with E-state index < -0.39 is 0 Å². The highest BCUT2D eigenvalue weighted by molar-refractivity contribution is 6.32. The van der Waals surface area contributed by atoms with Crippen LogP contribution in [0.4, 0.5) is 0 Å². The lowest BCUT2D eigenvalue weighted by molar-refractivity contribution is -0.124. The fraction of sp³-hybridized carbons (Fsp3) is 0.579. The molecule has 0 saturated heterocycles. The van der Waals surface area contributed by atoms with Crippen LogP contribution in [0.3, 0.4) is 0 Å². The van der Waals surface area contributed by atoms with Crippen molar-refractivity contribution >= 4 is 17.2 Å². The first kappa shape index (κ1) is 14.6. The summed E-state index contributed by atoms with van der Waals surface area (Å²) < 4.78 is 5.94. The summed E-state index contributed by atoms with van der Waals surface area (Å²) in [7, 11) is 1.89. The highest BCUT2D eigenvalue weighted by atomic mass is 35.5. The van der Waals surface area contributed by atoms with Crippen LogP contribution in [-0.4, -0.2) is 17.8 Å². The predicted octanol–water partition coefficient (Wildman–Crippen LogP) is 5.04. The van der Waals surface area contributed by atoms with Gasteiger partial charge in [-0.1, -0.05) is 23.2 Å². The standard InChI is InChI=1S/C19H23ClO2/c1-11(13-3-4-16(20)17(21)7-13)18-14-5-12-6-15(18)10-19(8-12,9-14)22-2/h3-4,7,12,14-15,21H,5-6,8-10H2,1-2H3. The van der Waals surface area contributed by atoms with E-state index in [0.717, 1.165) is 11.5 Å². The van der Waals surface area contributed by atoms with E-state index in [1.807, 2.05) is 19.2 Å². The van der Waals surface area contributed by atoms with E-state index in [0.29, 0.717) is 16.9 Å². The molecule has 0 heterocycles. The van der Waals surface area contributed by atoms with Gasteiger partial charge in [0.1, 0.15) is 5.75 Å². The minimum Gasteiger partial charge on any atom is -0.506 e. The summed E-state index contributed by atoms with van der Waals surface area (Å²) in [5.41, 5.74) is 4.20. The lowest BCUT2D eigenvalue weighted by Gasteiger charge is -2.57. The van der Waals surface area contributed by atoms with Gasteiger partial charge >= 0.3 is 0 Å². The van der Waals surface area contributed by atoms with Crippen LogP contribution in [0, 0.1) is 17.8 Å². The number of hydrogen-bond acceptors (Lipinski definition) is 2. The number of ether oxygens (including phenoxy) is 1. The largest absolute Gasteiger partial charge is 0.506 e. The molecule has 2 unspecified atom stereocenters. The van der Waals surface area contributed by atoms with Crippen LogP contribution in [0.25, 0.3) is 5.57 Å². The first-order chi connectivity index (χ1) is 10.5. The van der Waals surface area contributed by atoms with Gasteiger partial charge in [0.2, 0.25) is 0 Å². The summed E-state index contributed by atoms with van der Waals surface area (Å²) >= 11 is 5.95. The molecule has 0 aromatic heterocycles. The van der Waals surface area contributed by atoms with Gasteiger partial charge in [0, 0.05) is 7.11 Å². The Morgan fingerprint density at radius 3 is 2.50 bits per heavy atom. The van der Waals surface area contributed by atoms with E-state index in [1.165, 1.54) is 37.7 Å². The Labute approximate surface area is 137 Å². The minimum atomic E-state index is 0.141. The molecule has 0 radical (unpaired) electrons. The molecule has 2 atom stereocenters. The number of hydrogen-bond donors (Lipinski definition) is 1. The second-order valence-corrected chi connectivity index (χ2v) is 7.88. The number of rotatable bonds is 2. The molecule has 4 aliphatic carbocycles. The van der Waals surface area contributed by atoms with Crippen LogP contribution < -0.4 is 0 Å². The van der Waals surface area contributed by atoms with E-state index in [-0.39, 0.29) is 11.4 Å². The van der Waals surface area contributed by atoms with Crippen molar-refractivity contribution in [2.45, 2.75) is 44.6 Å². The maximum Gasteiger partial charge on any atom is 0.134 e. The smallest absolute Gasteiger partial charge is 0.134 e. The number of methoxy groups -OCH3 is 1. The van der Waals surface area contributed by atoms with Crippen molar-refractivity contribution in [2.24, 2.45) is 17.8 Å². The Balaban J connectivity index is 1.74. The average molecular weight is 319 g/mol. The van der Waals surface area contributed by atoms with Crippen molar-refractivity contribution in [3.8, 4) is 5.75 Å². The fourth-order valence-electron chi connectivity index (χ4n) is 5.49. The number of phenols is 1. The molecule has 1 aromatic rings. The number of aromatic hydroxyl groups is 1. The van der Waals surface area contributed by atoms with Gasteiger partial charge in [0.05, 0.1) is 10.6 Å². The maximum absolute atomic E-state index is 9.90. The zero-order chi connectivity index (χ0) is 15.5. The quantitative estimate of drug-likeness (QED) is 0.827. The van der Waals surface area contributed by atoms with Gasteiger partial charge in [-0.05, 0) is 80.1 Å². The number of benzene rings is 1. The van der Waals surface area contributed by atoms with Crippen molar-refractivity contribution in [3.05, 3.63) is 34.4 Å². The molecule has 2 nitrogen and oxygen atoms in total. The van der Waals surface area contributed by atoms with Crippen LogP contribution in [0.2, 0.25) is 5.02 Å². The third kappa shape index (κ3) is 2.11. The highest BCUT2D eigenvalue weighted by Crippen LogP contribution is 2.60. The molecule has 4 bridgehead atoms. The van der Waals surface area contributed by atoms with Crippen LogP contribution >= 0.6 is 11.6 Å². The number of halogens is 1. The Morgan fingerprint density at radius 1 is 1.23 bits per heavy atom. The molecule has 3 heteroatoms. The number of allylic oxidation sites excluding steroid dienone is 2. The van der Waals surface area contributed by atoms with Gasteiger partial charge in [-0.2, -0.15) is 0 Å². The Bertz CT molecular complexity index is 631. The summed E-state index contributed by atoms with van der Waals surface area (Å²) in [6.07, 6.45) is 6.22. The van der Waals surface area contributed by atoms with Crippen molar-refractivity contribution in [1.82, 2.24) is 0 Å². The summed E-state index contributed by atoms with van der Waals surface area (Å²) in [5, 5.41) is 10.3. The first-order valence-corrected chi connectivity index (χ1v) is 8.64. The summed E-state index contributed by atoms with van der Waals surface area (Å²) in [6, 6.07) is 5.63. The van der Waals surface area contributed by atoms with Crippen LogP contribution in [0.15, 0.2) is 23.8 Å². The van der Waals surface area contributed by atoms with E-state index in [9.17, 15) is 5.11 Å². The molecule has 4 fully saturated rings. The van der Waals surface area contributed by atoms with Gasteiger partial charge < -0.3 is 9.84 Å². The van der Waals surface area contributed by atoms with Crippen LogP contribution in [0.5, 0.6) is 5.75 Å². The molecule has 5 rings (SSSR count). The van der Waals surface area contributed by atoms with Crippen LogP contribution in [0.1, 0.15) is 44.6 Å². The van der Waals surface area contributed by atoms with Gasteiger partial charge in [0.15, 0.2) is 0 Å². The molecule has 4 saturated carbocycles. The summed E-state index contributed by atoms with van der Waals surface area (Å²) in [5.74, 6) is 2.33. The second kappa shape index (κ2) is 5.01. The second-order valence-electron chi connectivity index (χ2n) is 7.48. The summed E-state index contributed by atoms with van der Waals surface area (Å²) in [4.78, 5) is 0. The van der Waals surface area contributed by atoms with Gasteiger partial charge in [0.25, 0.3) is 0 Å². The van der Waals surface area contributed by atoms with Crippen molar-refractivity contribution in [2.75, 3.05) is 7.11 Å². The lowest BCUT2D eigenvalue weighted by atomic mass is 9.51. The molecule has 0 amide bonds. The zero-order valence-corrected chi connectivity index (χ0v) is 14.0. The van der Waals surface area contributed by atoms with Gasteiger partial charge in [-0.15, -0.1) is 0 Å². The molecule has 1 aromatic carbocycles. The molecular weight excluding hydrogens is 296 g/mol. The molecule has 1 N–H and O–H groups in total. The SMILES string of the molecule is COC12CC3CC(C1)C(=C(C)c1ccc(Cl)c(O)c1)C(C3)C2. The lowest BCUT2D eigenvalue weighted by Crippen LogP contribution is -2.52. The summed E-state index contributed by atoms with van der Waals surface area (Å²) in [6.45, 7) is 2.21. The third-order valence-electron chi connectivity index (χ3n) is 6.26. The Kier molecular flexibility index (Phi) is 3.32. The Hall–Kier alpha value is -0.990. The van der Waals surface area contributed by atoms with Crippen molar-refractivity contribution in [3.63, 3.8) is 0 Å². The Morgan fingerprint density at radius 2 is 1.91 bits per heavy atom. The van der Waals surface area contributed by atoms with Crippen molar-refractivity contribution < 1.29 is 9.84 Å². The van der Waals surface area contributed by atoms with E-state index >= 15 is 0 Å². The fourth-order valence-corrected chi connectivity index (χ4v) is 5.61. The van der Waals surface area contributed by atoms with Crippen molar-refractivity contribution in [1.29, 1.82) is 0 Å². The monoisotopic (exact) mass is 318 g/mol. The predicted molar refractivity (Wildman–Crippen MR) is 89.0 cm³/mol. The number of phenolic OH excluding ortho intramolecular Hbond substituents is 1. The average Bonchev–Trinajstić information content (AvgIpc) is 2.49. The molecule has 4 aliphatic rings. The van der Waals surface area contributed by atoms with Gasteiger partial charge in [-0.25, -0.2) is 0 Å². The molecular formula is C19H23ClO2. The molecule has 118 valence electrons. The highest BCUT2D eigenvalue weighted by Gasteiger charge is 2.53. The molecule has 0 spiro atoms. The van der Waals surface area contributed by atoms with E-state index in [4.69, 9.17) is 16.3 Å². The minimum absolute atomic E-state index is 0.141. The van der Waals surface area contributed by atoms with E-state index in [2.05, 4.69) is 6.92 Å². The molecule has 22 heavy (non-hydrogen) atoms. The van der Waals surface area contributed by atoms with Gasteiger partial charge in [-0.3, -0.25) is 0 Å². The van der Waals surface area contributed by atoms with E-state index in [1.54, 1.807) is 11.6 Å².